The minimum atomic E-state index is -1.07. The van der Waals surface area contributed by atoms with Crippen LogP contribution in [0.25, 0.3) is 0 Å². The Morgan fingerprint density at radius 1 is 1.67 bits per heavy atom. The smallest absolute Gasteiger partial charge is 0.139 e. The number of halogens is 1. The molecule has 9 heavy (non-hydrogen) atoms. The van der Waals surface area contributed by atoms with Crippen molar-refractivity contribution in [1.29, 1.82) is 5.26 Å². The summed E-state index contributed by atoms with van der Waals surface area (Å²) in [5.41, 5.74) is 0. The van der Waals surface area contributed by atoms with Gasteiger partial charge < -0.3 is 4.74 Å². The van der Waals surface area contributed by atoms with Gasteiger partial charge in [0.15, 0.2) is 0 Å². The van der Waals surface area contributed by atoms with Gasteiger partial charge in [0, 0.05) is 6.61 Å². The average Bonchev–Trinajstić information content (AvgIpc) is 1.89. The molecule has 0 aromatic rings. The number of nitriles is 1. The van der Waals surface area contributed by atoms with E-state index in [1.54, 1.807) is 0 Å². The van der Waals surface area contributed by atoms with Gasteiger partial charge in [0.2, 0.25) is 0 Å². The summed E-state index contributed by atoms with van der Waals surface area (Å²) in [5, 5.41) is 8.32. The van der Waals surface area contributed by atoms with Crippen LogP contribution in [0.3, 0.4) is 0 Å². The van der Waals surface area contributed by atoms with Crippen molar-refractivity contribution >= 4 is 0 Å². The van der Waals surface area contributed by atoms with Gasteiger partial charge in [-0.3, -0.25) is 0 Å². The summed E-state index contributed by atoms with van der Waals surface area (Å²) < 4.78 is 17.3. The van der Waals surface area contributed by atoms with Crippen LogP contribution in [0.2, 0.25) is 0 Å². The lowest BCUT2D eigenvalue weighted by Gasteiger charge is -2.19. The molecule has 0 bridgehead atoms. The number of alkyl halides is 1. The van der Waals surface area contributed by atoms with Gasteiger partial charge in [-0.15, -0.1) is 0 Å². The quantitative estimate of drug-likeness (QED) is 0.486. The molecule has 1 heterocycles. The van der Waals surface area contributed by atoms with E-state index in [4.69, 9.17) is 10.00 Å². The van der Waals surface area contributed by atoms with E-state index >= 15 is 0 Å². The molecule has 0 N–H and O–H groups in total. The summed E-state index contributed by atoms with van der Waals surface area (Å²) in [4.78, 5) is 0. The SMILES string of the molecule is N#CC1CCOCC1F. The maximum Gasteiger partial charge on any atom is 0.139 e. The van der Waals surface area contributed by atoms with Crippen molar-refractivity contribution in [2.75, 3.05) is 13.2 Å². The zero-order valence-electron chi connectivity index (χ0n) is 5.01. The van der Waals surface area contributed by atoms with Gasteiger partial charge in [0.25, 0.3) is 0 Å². The fraction of sp³-hybridized carbons (Fsp3) is 0.833. The summed E-state index contributed by atoms with van der Waals surface area (Å²) >= 11 is 0. The predicted molar refractivity (Wildman–Crippen MR) is 29.4 cm³/mol. The Labute approximate surface area is 53.2 Å². The Balaban J connectivity index is 2.41. The third kappa shape index (κ3) is 1.39. The first-order valence-corrected chi connectivity index (χ1v) is 2.96. The molecule has 3 heteroatoms. The second kappa shape index (κ2) is 2.79. The van der Waals surface area contributed by atoms with Gasteiger partial charge in [-0.2, -0.15) is 5.26 Å². The molecule has 1 rings (SSSR count). The molecular weight excluding hydrogens is 121 g/mol. The van der Waals surface area contributed by atoms with Gasteiger partial charge in [-0.25, -0.2) is 4.39 Å². The molecule has 2 unspecified atom stereocenters. The second-order valence-corrected chi connectivity index (χ2v) is 2.12. The second-order valence-electron chi connectivity index (χ2n) is 2.12. The highest BCUT2D eigenvalue weighted by molar-refractivity contribution is 4.90. The Morgan fingerprint density at radius 3 is 2.89 bits per heavy atom. The minimum Gasteiger partial charge on any atom is -0.378 e. The molecule has 50 valence electrons. The lowest BCUT2D eigenvalue weighted by molar-refractivity contribution is 0.0151. The third-order valence-electron chi connectivity index (χ3n) is 1.45. The third-order valence-corrected chi connectivity index (χ3v) is 1.45. The van der Waals surface area contributed by atoms with E-state index in [1.165, 1.54) is 0 Å². The zero-order valence-corrected chi connectivity index (χ0v) is 5.01. The van der Waals surface area contributed by atoms with E-state index in [1.807, 2.05) is 6.07 Å². The molecule has 0 aromatic carbocycles. The monoisotopic (exact) mass is 129 g/mol. The van der Waals surface area contributed by atoms with Gasteiger partial charge in [0.1, 0.15) is 6.17 Å². The van der Waals surface area contributed by atoms with Crippen LogP contribution in [-0.4, -0.2) is 19.4 Å². The first kappa shape index (κ1) is 6.50. The van der Waals surface area contributed by atoms with Crippen molar-refractivity contribution in [2.45, 2.75) is 12.6 Å². The topological polar surface area (TPSA) is 33.0 Å². The molecule has 1 aliphatic heterocycles. The lowest BCUT2D eigenvalue weighted by atomic mass is 10.0. The molecule has 0 aliphatic carbocycles. The number of rotatable bonds is 0. The van der Waals surface area contributed by atoms with Crippen LogP contribution in [0, 0.1) is 17.2 Å². The van der Waals surface area contributed by atoms with Crippen LogP contribution >= 0.6 is 0 Å². The van der Waals surface area contributed by atoms with Crippen LogP contribution < -0.4 is 0 Å². The normalized spacial score (nSPS) is 35.6. The summed E-state index contributed by atoms with van der Waals surface area (Å²) in [7, 11) is 0. The molecule has 0 radical (unpaired) electrons. The number of nitrogens with zero attached hydrogens (tertiary/aromatic N) is 1. The molecule has 1 fully saturated rings. The molecule has 2 atom stereocenters. The fourth-order valence-corrected chi connectivity index (χ4v) is 0.849. The Morgan fingerprint density at radius 2 is 2.44 bits per heavy atom. The number of hydrogen-bond acceptors (Lipinski definition) is 2. The molecule has 0 spiro atoms. The Hall–Kier alpha value is -0.620. The predicted octanol–water partition coefficient (Wildman–Crippen LogP) is 0.885. The summed E-state index contributed by atoms with van der Waals surface area (Å²) in [6.45, 7) is 0.622. The molecule has 2 nitrogen and oxygen atoms in total. The molecule has 0 amide bonds. The van der Waals surface area contributed by atoms with Crippen LogP contribution in [-0.2, 0) is 4.74 Å². The van der Waals surface area contributed by atoms with Crippen molar-refractivity contribution in [3.63, 3.8) is 0 Å². The van der Waals surface area contributed by atoms with Crippen LogP contribution in [0.15, 0.2) is 0 Å². The standard InChI is InChI=1S/C6H8FNO/c7-6-4-9-2-1-5(6)3-8/h5-6H,1-2,4H2. The highest BCUT2D eigenvalue weighted by Gasteiger charge is 2.24. The summed E-state index contributed by atoms with van der Waals surface area (Å²) in [5.74, 6) is -0.432. The Kier molecular flexibility index (Phi) is 2.01. The van der Waals surface area contributed by atoms with E-state index in [9.17, 15) is 4.39 Å². The van der Waals surface area contributed by atoms with Gasteiger partial charge in [-0.05, 0) is 6.42 Å². The summed E-state index contributed by atoms with van der Waals surface area (Å²) in [6.07, 6.45) is -0.527. The Bertz CT molecular complexity index is 132. The van der Waals surface area contributed by atoms with E-state index in [0.29, 0.717) is 13.0 Å². The van der Waals surface area contributed by atoms with Crippen molar-refractivity contribution in [2.24, 2.45) is 5.92 Å². The van der Waals surface area contributed by atoms with Gasteiger partial charge in [0.05, 0.1) is 18.6 Å². The van der Waals surface area contributed by atoms with E-state index < -0.39 is 12.1 Å². The minimum absolute atomic E-state index is 0.0955. The van der Waals surface area contributed by atoms with Crippen molar-refractivity contribution < 1.29 is 9.13 Å². The van der Waals surface area contributed by atoms with Gasteiger partial charge >= 0.3 is 0 Å². The molecule has 1 saturated heterocycles. The van der Waals surface area contributed by atoms with E-state index in [-0.39, 0.29) is 6.61 Å². The summed E-state index contributed by atoms with van der Waals surface area (Å²) in [6, 6.07) is 1.90. The van der Waals surface area contributed by atoms with Crippen LogP contribution in [0.1, 0.15) is 6.42 Å². The largest absolute Gasteiger partial charge is 0.378 e. The zero-order chi connectivity index (χ0) is 6.69. The molecular formula is C6H8FNO. The van der Waals surface area contributed by atoms with Crippen molar-refractivity contribution in [3.8, 4) is 6.07 Å². The first-order chi connectivity index (χ1) is 4.34. The first-order valence-electron chi connectivity index (χ1n) is 2.96. The van der Waals surface area contributed by atoms with E-state index in [0.717, 1.165) is 0 Å². The van der Waals surface area contributed by atoms with Crippen molar-refractivity contribution in [1.82, 2.24) is 0 Å². The van der Waals surface area contributed by atoms with E-state index in [2.05, 4.69) is 0 Å². The number of ether oxygens (including phenoxy) is 1. The average molecular weight is 129 g/mol. The molecule has 0 saturated carbocycles. The number of hydrogen-bond donors (Lipinski definition) is 0. The molecule has 1 aliphatic rings. The van der Waals surface area contributed by atoms with Crippen LogP contribution in [0.5, 0.6) is 0 Å². The molecule has 0 aromatic heterocycles. The lowest BCUT2D eigenvalue weighted by Crippen LogP contribution is -2.27. The van der Waals surface area contributed by atoms with Crippen molar-refractivity contribution in [3.05, 3.63) is 0 Å². The maximum absolute atomic E-state index is 12.5. The van der Waals surface area contributed by atoms with Crippen LogP contribution in [0.4, 0.5) is 4.39 Å². The fourth-order valence-electron chi connectivity index (χ4n) is 0.849. The highest BCUT2D eigenvalue weighted by atomic mass is 19.1. The van der Waals surface area contributed by atoms with Gasteiger partial charge in [-0.1, -0.05) is 0 Å². The maximum atomic E-state index is 12.5. The highest BCUT2D eigenvalue weighted by Crippen LogP contribution is 2.16.